The molecular weight excluding hydrogens is 402 g/mol. The van der Waals surface area contributed by atoms with Gasteiger partial charge >= 0.3 is 0 Å². The largest absolute Gasteiger partial charge is 0.338 e. The summed E-state index contributed by atoms with van der Waals surface area (Å²) >= 11 is 8.79. The summed E-state index contributed by atoms with van der Waals surface area (Å²) < 4.78 is 25.9. The van der Waals surface area contributed by atoms with Crippen LogP contribution in [0.5, 0.6) is 0 Å². The topological polar surface area (TPSA) is 79.4 Å². The second-order valence-electron chi connectivity index (χ2n) is 5.99. The Morgan fingerprint density at radius 2 is 2.00 bits per heavy atom. The fourth-order valence-electron chi connectivity index (χ4n) is 2.78. The summed E-state index contributed by atoms with van der Waals surface area (Å²) in [4.78, 5) is 20.7. The second-order valence-corrected chi connectivity index (χ2v) is 10.5. The van der Waals surface area contributed by atoms with Crippen molar-refractivity contribution in [3.05, 3.63) is 27.0 Å². The highest BCUT2D eigenvalue weighted by molar-refractivity contribution is 7.88. The van der Waals surface area contributed by atoms with Crippen LogP contribution in [-0.2, 0) is 10.0 Å². The van der Waals surface area contributed by atoms with Gasteiger partial charge in [-0.1, -0.05) is 11.6 Å². The quantitative estimate of drug-likeness (QED) is 0.826. The smallest absolute Gasteiger partial charge is 0.265 e. The number of thiophene rings is 1. The predicted molar refractivity (Wildman–Crippen MR) is 102 cm³/mol. The summed E-state index contributed by atoms with van der Waals surface area (Å²) in [5, 5.41) is 0.798. The van der Waals surface area contributed by atoms with Crippen LogP contribution in [0.25, 0.3) is 9.88 Å². The van der Waals surface area contributed by atoms with Crippen LogP contribution in [0.2, 0.25) is 4.34 Å². The zero-order chi connectivity index (χ0) is 18.2. The third kappa shape index (κ3) is 4.59. The zero-order valence-electron chi connectivity index (χ0n) is 13.8. The number of aromatic nitrogens is 1. The van der Waals surface area contributed by atoms with E-state index >= 15 is 0 Å². The number of rotatable bonds is 4. The summed E-state index contributed by atoms with van der Waals surface area (Å²) in [7, 11) is -3.22. The number of likely N-dealkylation sites (tertiary alicyclic amines) is 1. The van der Waals surface area contributed by atoms with E-state index in [1.165, 1.54) is 22.7 Å². The van der Waals surface area contributed by atoms with Crippen molar-refractivity contribution in [3.63, 3.8) is 0 Å². The first-order valence-corrected chi connectivity index (χ1v) is 11.6. The van der Waals surface area contributed by atoms with Crippen molar-refractivity contribution >= 4 is 50.2 Å². The van der Waals surface area contributed by atoms with Crippen molar-refractivity contribution in [3.8, 4) is 9.88 Å². The summed E-state index contributed by atoms with van der Waals surface area (Å²) in [6.07, 6.45) is 2.39. The lowest BCUT2D eigenvalue weighted by Gasteiger charge is -2.31. The molecule has 0 aliphatic carbocycles. The monoisotopic (exact) mass is 419 g/mol. The van der Waals surface area contributed by atoms with Crippen molar-refractivity contribution in [1.29, 1.82) is 0 Å². The van der Waals surface area contributed by atoms with E-state index in [0.29, 0.717) is 40.8 Å². The Labute approximate surface area is 159 Å². The van der Waals surface area contributed by atoms with Crippen LogP contribution in [0.15, 0.2) is 12.1 Å². The number of amides is 1. The summed E-state index contributed by atoms with van der Waals surface area (Å²) in [6.45, 7) is 2.90. The predicted octanol–water partition coefficient (Wildman–Crippen LogP) is 2.99. The van der Waals surface area contributed by atoms with Gasteiger partial charge in [0.25, 0.3) is 5.91 Å². The van der Waals surface area contributed by atoms with Crippen LogP contribution in [0.3, 0.4) is 0 Å². The molecule has 0 bridgehead atoms. The van der Waals surface area contributed by atoms with Crippen LogP contribution in [0.1, 0.15) is 28.2 Å². The van der Waals surface area contributed by atoms with Gasteiger partial charge in [0, 0.05) is 19.1 Å². The molecule has 1 fully saturated rings. The lowest BCUT2D eigenvalue weighted by molar-refractivity contribution is 0.0715. The Morgan fingerprint density at radius 1 is 1.32 bits per heavy atom. The highest BCUT2D eigenvalue weighted by atomic mass is 35.5. The maximum atomic E-state index is 12.8. The number of halogens is 1. The number of sulfonamides is 1. The molecule has 1 aliphatic heterocycles. The molecule has 0 saturated carbocycles. The summed E-state index contributed by atoms with van der Waals surface area (Å²) in [6, 6.07) is 3.62. The van der Waals surface area contributed by atoms with E-state index in [4.69, 9.17) is 11.6 Å². The molecule has 2 aromatic heterocycles. The van der Waals surface area contributed by atoms with Gasteiger partial charge in [-0.3, -0.25) is 4.79 Å². The molecule has 1 saturated heterocycles. The van der Waals surface area contributed by atoms with Crippen LogP contribution < -0.4 is 4.72 Å². The number of nitrogens with one attached hydrogen (secondary N) is 1. The number of hydrogen-bond acceptors (Lipinski definition) is 6. The number of thiazole rings is 1. The van der Waals surface area contributed by atoms with E-state index in [2.05, 4.69) is 9.71 Å². The molecule has 0 unspecified atom stereocenters. The molecular formula is C15H18ClN3O3S3. The van der Waals surface area contributed by atoms with Crippen molar-refractivity contribution in [2.45, 2.75) is 25.8 Å². The van der Waals surface area contributed by atoms with Crippen LogP contribution in [-0.4, -0.2) is 49.6 Å². The molecule has 136 valence electrons. The zero-order valence-corrected chi connectivity index (χ0v) is 17.0. The molecule has 6 nitrogen and oxygen atoms in total. The average molecular weight is 420 g/mol. The first-order chi connectivity index (χ1) is 11.7. The van der Waals surface area contributed by atoms with Gasteiger partial charge in [-0.05, 0) is 31.9 Å². The third-order valence-electron chi connectivity index (χ3n) is 3.94. The third-order valence-corrected chi connectivity index (χ3v) is 7.25. The number of carbonyl (C=O) groups is 1. The minimum absolute atomic E-state index is 0.0401. The lowest BCUT2D eigenvalue weighted by atomic mass is 10.1. The number of piperidine rings is 1. The van der Waals surface area contributed by atoms with Crippen molar-refractivity contribution in [2.75, 3.05) is 19.3 Å². The van der Waals surface area contributed by atoms with E-state index in [-0.39, 0.29) is 11.9 Å². The minimum atomic E-state index is -3.22. The fraction of sp³-hybridized carbons (Fsp3) is 0.467. The number of nitrogens with zero attached hydrogens (tertiary/aromatic N) is 2. The van der Waals surface area contributed by atoms with E-state index < -0.39 is 10.0 Å². The molecule has 1 N–H and O–H groups in total. The molecule has 1 amide bonds. The standard InChI is InChI=1S/C15H18ClN3O3S3/c1-9-13(24-14(17-9)11-3-4-12(16)23-11)15(20)19-7-5-10(6-8-19)18-25(2,21)22/h3-4,10,18H,5-8H2,1-2H3. The van der Waals surface area contributed by atoms with E-state index in [9.17, 15) is 13.2 Å². The minimum Gasteiger partial charge on any atom is -0.338 e. The Bertz CT molecular complexity index is 883. The molecule has 0 spiro atoms. The number of hydrogen-bond donors (Lipinski definition) is 1. The van der Waals surface area contributed by atoms with Crippen LogP contribution in [0.4, 0.5) is 0 Å². The highest BCUT2D eigenvalue weighted by Crippen LogP contribution is 2.35. The van der Waals surface area contributed by atoms with Gasteiger partial charge in [0.2, 0.25) is 10.0 Å². The van der Waals surface area contributed by atoms with E-state index in [0.717, 1.165) is 16.1 Å². The molecule has 3 rings (SSSR count). The van der Waals surface area contributed by atoms with Gasteiger partial charge in [0.1, 0.15) is 9.88 Å². The maximum Gasteiger partial charge on any atom is 0.265 e. The first kappa shape index (κ1) is 18.8. The fourth-order valence-corrected chi connectivity index (χ4v) is 5.75. The Hall–Kier alpha value is -1.00. The van der Waals surface area contributed by atoms with Gasteiger partial charge in [0.05, 0.1) is 21.2 Å². The molecule has 1 aliphatic rings. The lowest BCUT2D eigenvalue weighted by Crippen LogP contribution is -2.46. The Balaban J connectivity index is 1.69. The normalized spacial score (nSPS) is 16.4. The van der Waals surface area contributed by atoms with Gasteiger partial charge < -0.3 is 4.90 Å². The molecule has 3 heterocycles. The van der Waals surface area contributed by atoms with Crippen molar-refractivity contribution in [2.24, 2.45) is 0 Å². The molecule has 25 heavy (non-hydrogen) atoms. The summed E-state index contributed by atoms with van der Waals surface area (Å²) in [5.74, 6) is -0.0401. The van der Waals surface area contributed by atoms with Crippen molar-refractivity contribution in [1.82, 2.24) is 14.6 Å². The van der Waals surface area contributed by atoms with Crippen molar-refractivity contribution < 1.29 is 13.2 Å². The van der Waals surface area contributed by atoms with Gasteiger partial charge in [0.15, 0.2) is 0 Å². The summed E-state index contributed by atoms with van der Waals surface area (Å²) in [5.41, 5.74) is 0.714. The maximum absolute atomic E-state index is 12.8. The molecule has 0 atom stereocenters. The van der Waals surface area contributed by atoms with Crippen LogP contribution >= 0.6 is 34.3 Å². The Kier molecular flexibility index (Phi) is 5.50. The molecule has 2 aromatic rings. The van der Waals surface area contributed by atoms with E-state index in [1.54, 1.807) is 4.90 Å². The number of carbonyl (C=O) groups excluding carboxylic acids is 1. The van der Waals surface area contributed by atoms with Gasteiger partial charge in [-0.25, -0.2) is 18.1 Å². The molecule has 10 heteroatoms. The highest BCUT2D eigenvalue weighted by Gasteiger charge is 2.27. The Morgan fingerprint density at radius 3 is 2.56 bits per heavy atom. The molecule has 0 radical (unpaired) electrons. The first-order valence-electron chi connectivity index (χ1n) is 7.72. The SMILES string of the molecule is Cc1nc(-c2ccc(Cl)s2)sc1C(=O)N1CCC(NS(C)(=O)=O)CC1. The van der Waals surface area contributed by atoms with E-state index in [1.807, 2.05) is 19.1 Å². The average Bonchev–Trinajstić information content (AvgIpc) is 3.12. The second kappa shape index (κ2) is 7.32. The van der Waals surface area contributed by atoms with Gasteiger partial charge in [-0.15, -0.1) is 22.7 Å². The van der Waals surface area contributed by atoms with Crippen LogP contribution in [0, 0.1) is 6.92 Å². The number of aryl methyl sites for hydroxylation is 1. The van der Waals surface area contributed by atoms with Gasteiger partial charge in [-0.2, -0.15) is 0 Å². The molecule has 0 aromatic carbocycles.